The Labute approximate surface area is 125 Å². The van der Waals surface area contributed by atoms with Crippen LogP contribution in [-0.4, -0.2) is 23.4 Å². The van der Waals surface area contributed by atoms with Crippen molar-refractivity contribution >= 4 is 0 Å². The van der Waals surface area contributed by atoms with Gasteiger partial charge in [0, 0.05) is 6.42 Å². The second-order valence-corrected chi connectivity index (χ2v) is 6.27. The molecule has 0 heterocycles. The fourth-order valence-electron chi connectivity index (χ4n) is 2.92. The summed E-state index contributed by atoms with van der Waals surface area (Å²) in [6.45, 7) is 6.07. The van der Waals surface area contributed by atoms with Gasteiger partial charge in [-0.1, -0.05) is 38.5 Å². The molecule has 0 aromatic rings. The van der Waals surface area contributed by atoms with Crippen LogP contribution in [0.1, 0.15) is 78.6 Å². The Bertz CT molecular complexity index is 294. The van der Waals surface area contributed by atoms with E-state index >= 15 is 0 Å². The molecule has 0 aromatic heterocycles. The summed E-state index contributed by atoms with van der Waals surface area (Å²) in [5, 5.41) is 9.48. The maximum Gasteiger partial charge on any atom is 0.121 e. The van der Waals surface area contributed by atoms with Gasteiger partial charge in [-0.25, -0.2) is 0 Å². The lowest BCUT2D eigenvalue weighted by Gasteiger charge is -2.29. The van der Waals surface area contributed by atoms with Crippen molar-refractivity contribution in [2.45, 2.75) is 96.9 Å². The van der Waals surface area contributed by atoms with Gasteiger partial charge in [-0.05, 0) is 45.4 Å². The number of hydrogen-bond acceptors (Lipinski definition) is 2. The van der Waals surface area contributed by atoms with Gasteiger partial charge in [0.2, 0.25) is 0 Å². The van der Waals surface area contributed by atoms with E-state index in [1.54, 1.807) is 0 Å². The molecule has 0 aliphatic heterocycles. The Morgan fingerprint density at radius 2 is 1.90 bits per heavy atom. The SMILES string of the molecule is CCCCC#C[C@H](O[C@H](C)C[C@@H](C)O)C1CCCCC1. The molecule has 2 heteroatoms. The van der Waals surface area contributed by atoms with Crippen molar-refractivity contribution in [3.63, 3.8) is 0 Å². The Kier molecular flexibility index (Phi) is 8.98. The van der Waals surface area contributed by atoms with Crippen LogP contribution < -0.4 is 0 Å². The topological polar surface area (TPSA) is 29.5 Å². The third kappa shape index (κ3) is 7.31. The van der Waals surface area contributed by atoms with Crippen molar-refractivity contribution in [2.75, 3.05) is 0 Å². The standard InChI is InChI=1S/C18H32O2/c1-4-5-6-10-13-18(17-11-8-7-9-12-17)20-16(3)14-15(2)19/h15-19H,4-9,11-12,14H2,1-3H3/t15-,16-,18+/m1/s1. The van der Waals surface area contributed by atoms with Crippen molar-refractivity contribution < 1.29 is 9.84 Å². The normalized spacial score (nSPS) is 20.8. The lowest BCUT2D eigenvalue weighted by molar-refractivity contribution is -0.0295. The molecule has 1 aliphatic carbocycles. The van der Waals surface area contributed by atoms with E-state index in [2.05, 4.69) is 25.7 Å². The number of aliphatic hydroxyl groups is 1. The zero-order valence-electron chi connectivity index (χ0n) is 13.5. The van der Waals surface area contributed by atoms with Crippen LogP contribution in [0.2, 0.25) is 0 Å². The summed E-state index contributed by atoms with van der Waals surface area (Å²) in [4.78, 5) is 0. The van der Waals surface area contributed by atoms with E-state index in [-0.39, 0.29) is 18.3 Å². The fraction of sp³-hybridized carbons (Fsp3) is 0.889. The monoisotopic (exact) mass is 280 g/mol. The van der Waals surface area contributed by atoms with E-state index in [1.807, 2.05) is 6.92 Å². The predicted octanol–water partition coefficient (Wildman–Crippen LogP) is 4.30. The highest BCUT2D eigenvalue weighted by molar-refractivity contribution is 5.07. The molecule has 20 heavy (non-hydrogen) atoms. The highest BCUT2D eigenvalue weighted by Crippen LogP contribution is 2.28. The van der Waals surface area contributed by atoms with E-state index in [0.29, 0.717) is 12.3 Å². The molecular formula is C18H32O2. The van der Waals surface area contributed by atoms with Crippen LogP contribution in [0.25, 0.3) is 0 Å². The first-order valence-electron chi connectivity index (χ1n) is 8.45. The molecule has 0 bridgehead atoms. The van der Waals surface area contributed by atoms with E-state index in [0.717, 1.165) is 6.42 Å². The van der Waals surface area contributed by atoms with Gasteiger partial charge in [0.15, 0.2) is 0 Å². The first-order valence-corrected chi connectivity index (χ1v) is 8.45. The van der Waals surface area contributed by atoms with Crippen LogP contribution >= 0.6 is 0 Å². The minimum absolute atomic E-state index is 0.0703. The van der Waals surface area contributed by atoms with E-state index < -0.39 is 0 Å². The molecule has 0 unspecified atom stereocenters. The molecule has 1 rings (SSSR count). The largest absolute Gasteiger partial charge is 0.393 e. The number of aliphatic hydroxyl groups excluding tert-OH is 1. The van der Waals surface area contributed by atoms with Gasteiger partial charge < -0.3 is 9.84 Å². The Hall–Kier alpha value is -0.520. The summed E-state index contributed by atoms with van der Waals surface area (Å²) in [6.07, 6.45) is 10.4. The van der Waals surface area contributed by atoms with Crippen molar-refractivity contribution in [1.29, 1.82) is 0 Å². The van der Waals surface area contributed by atoms with Gasteiger partial charge in [0.25, 0.3) is 0 Å². The molecule has 2 nitrogen and oxygen atoms in total. The summed E-state index contributed by atoms with van der Waals surface area (Å²) >= 11 is 0. The maximum absolute atomic E-state index is 9.48. The lowest BCUT2D eigenvalue weighted by atomic mass is 9.85. The second kappa shape index (κ2) is 10.2. The summed E-state index contributed by atoms with van der Waals surface area (Å²) in [6, 6.07) is 0. The number of unbranched alkanes of at least 4 members (excludes halogenated alkanes) is 2. The molecule has 1 aliphatic rings. The highest BCUT2D eigenvalue weighted by atomic mass is 16.5. The predicted molar refractivity (Wildman–Crippen MR) is 84.5 cm³/mol. The third-order valence-electron chi connectivity index (χ3n) is 4.03. The molecule has 1 saturated carbocycles. The van der Waals surface area contributed by atoms with Gasteiger partial charge in [0.05, 0.1) is 12.2 Å². The lowest BCUT2D eigenvalue weighted by Crippen LogP contribution is -2.29. The van der Waals surface area contributed by atoms with Crippen LogP contribution in [-0.2, 0) is 4.74 Å². The number of ether oxygens (including phenoxy) is 1. The third-order valence-corrected chi connectivity index (χ3v) is 4.03. The van der Waals surface area contributed by atoms with E-state index in [1.165, 1.54) is 44.9 Å². The van der Waals surface area contributed by atoms with Crippen LogP contribution in [0, 0.1) is 17.8 Å². The maximum atomic E-state index is 9.48. The molecule has 0 aromatic carbocycles. The van der Waals surface area contributed by atoms with Gasteiger partial charge in [-0.2, -0.15) is 0 Å². The van der Waals surface area contributed by atoms with Crippen molar-refractivity contribution in [1.82, 2.24) is 0 Å². The smallest absolute Gasteiger partial charge is 0.121 e. The van der Waals surface area contributed by atoms with Gasteiger partial charge in [0.1, 0.15) is 6.10 Å². The molecule has 0 radical (unpaired) electrons. The Morgan fingerprint density at radius 3 is 2.50 bits per heavy atom. The molecular weight excluding hydrogens is 248 g/mol. The second-order valence-electron chi connectivity index (χ2n) is 6.27. The summed E-state index contributed by atoms with van der Waals surface area (Å²) < 4.78 is 6.15. The van der Waals surface area contributed by atoms with Crippen LogP contribution in [0.4, 0.5) is 0 Å². The van der Waals surface area contributed by atoms with E-state index in [4.69, 9.17) is 4.74 Å². The first kappa shape index (κ1) is 17.5. The summed E-state index contributed by atoms with van der Waals surface area (Å²) in [5.74, 6) is 7.27. The molecule has 1 N–H and O–H groups in total. The van der Waals surface area contributed by atoms with Crippen molar-refractivity contribution in [3.8, 4) is 11.8 Å². The van der Waals surface area contributed by atoms with Crippen LogP contribution in [0.3, 0.4) is 0 Å². The number of rotatable bonds is 7. The molecule has 1 fully saturated rings. The van der Waals surface area contributed by atoms with Crippen molar-refractivity contribution in [2.24, 2.45) is 5.92 Å². The Balaban J connectivity index is 2.54. The highest BCUT2D eigenvalue weighted by Gasteiger charge is 2.24. The minimum atomic E-state index is -0.301. The molecule has 3 atom stereocenters. The minimum Gasteiger partial charge on any atom is -0.393 e. The summed E-state index contributed by atoms with van der Waals surface area (Å²) in [7, 11) is 0. The fourth-order valence-corrected chi connectivity index (χ4v) is 2.92. The average Bonchev–Trinajstić information content (AvgIpc) is 2.42. The van der Waals surface area contributed by atoms with Gasteiger partial charge >= 0.3 is 0 Å². The van der Waals surface area contributed by atoms with Gasteiger partial charge in [-0.15, -0.1) is 5.92 Å². The van der Waals surface area contributed by atoms with Crippen LogP contribution in [0.15, 0.2) is 0 Å². The van der Waals surface area contributed by atoms with E-state index in [9.17, 15) is 5.11 Å². The Morgan fingerprint density at radius 1 is 1.20 bits per heavy atom. The molecule has 0 saturated heterocycles. The zero-order valence-corrected chi connectivity index (χ0v) is 13.5. The molecule has 0 spiro atoms. The number of hydrogen-bond donors (Lipinski definition) is 1. The molecule has 0 amide bonds. The van der Waals surface area contributed by atoms with Crippen molar-refractivity contribution in [3.05, 3.63) is 0 Å². The zero-order chi connectivity index (χ0) is 14.8. The quantitative estimate of drug-likeness (QED) is 0.556. The average molecular weight is 280 g/mol. The van der Waals surface area contributed by atoms with Crippen LogP contribution in [0.5, 0.6) is 0 Å². The van der Waals surface area contributed by atoms with Gasteiger partial charge in [-0.3, -0.25) is 0 Å². The summed E-state index contributed by atoms with van der Waals surface area (Å²) in [5.41, 5.74) is 0. The first-order chi connectivity index (χ1) is 9.63. The molecule has 116 valence electrons.